The Bertz CT molecular complexity index is 733. The molecule has 0 heterocycles. The molecule has 0 unspecified atom stereocenters. The maximum absolute atomic E-state index is 12.7. The average molecular weight is 344 g/mol. The Morgan fingerprint density at radius 3 is 2.16 bits per heavy atom. The third-order valence-electron chi connectivity index (χ3n) is 3.20. The minimum absolute atomic E-state index is 0.0395. The first kappa shape index (κ1) is 18.1. The van der Waals surface area contributed by atoms with Crippen LogP contribution < -0.4 is 15.6 Å². The van der Waals surface area contributed by atoms with Crippen molar-refractivity contribution in [3.63, 3.8) is 0 Å². The molecule has 0 atom stereocenters. The fourth-order valence-corrected chi connectivity index (χ4v) is 1.91. The van der Waals surface area contributed by atoms with E-state index in [1.165, 1.54) is 24.3 Å². The number of amides is 2. The molecule has 2 rings (SSSR count). The standard InChI is InChI=1S/C18H17FN2O4/c19-14-6-8-15(9-7-14)25-12-18(24)21-20-17(23)11-10-16(22)13-4-2-1-3-5-13/h1-9H,10-12H2,(H,20,23)(H,21,24). The second-order valence-corrected chi connectivity index (χ2v) is 5.13. The number of nitrogens with one attached hydrogen (secondary N) is 2. The number of rotatable bonds is 7. The Morgan fingerprint density at radius 1 is 0.840 bits per heavy atom. The van der Waals surface area contributed by atoms with E-state index in [9.17, 15) is 18.8 Å². The number of Topliss-reactive ketones (excluding diaryl/α,β-unsaturated/α-hetero) is 1. The van der Waals surface area contributed by atoms with E-state index in [0.717, 1.165) is 0 Å². The lowest BCUT2D eigenvalue weighted by Gasteiger charge is -2.08. The number of hydrogen-bond acceptors (Lipinski definition) is 4. The van der Waals surface area contributed by atoms with E-state index in [1.54, 1.807) is 30.3 Å². The largest absolute Gasteiger partial charge is 0.484 e. The molecule has 2 amide bonds. The first-order valence-corrected chi connectivity index (χ1v) is 7.59. The van der Waals surface area contributed by atoms with Crippen molar-refractivity contribution in [1.29, 1.82) is 0 Å². The molecule has 2 aromatic rings. The van der Waals surface area contributed by atoms with Crippen LogP contribution in [0.1, 0.15) is 23.2 Å². The van der Waals surface area contributed by atoms with Crippen LogP contribution in [-0.2, 0) is 9.59 Å². The van der Waals surface area contributed by atoms with Gasteiger partial charge in [-0.3, -0.25) is 25.2 Å². The van der Waals surface area contributed by atoms with Crippen molar-refractivity contribution in [2.75, 3.05) is 6.61 Å². The molecule has 0 saturated heterocycles. The summed E-state index contributed by atoms with van der Waals surface area (Å²) in [7, 11) is 0. The van der Waals surface area contributed by atoms with Gasteiger partial charge in [0.1, 0.15) is 11.6 Å². The van der Waals surface area contributed by atoms with Crippen LogP contribution in [0.4, 0.5) is 4.39 Å². The number of carbonyl (C=O) groups is 3. The Hall–Kier alpha value is -3.22. The summed E-state index contributed by atoms with van der Waals surface area (Å²) in [5.41, 5.74) is 4.92. The van der Waals surface area contributed by atoms with E-state index in [2.05, 4.69) is 10.9 Å². The van der Waals surface area contributed by atoms with Crippen molar-refractivity contribution in [1.82, 2.24) is 10.9 Å². The highest BCUT2D eigenvalue weighted by Gasteiger charge is 2.10. The quantitative estimate of drug-likeness (QED) is 0.594. The van der Waals surface area contributed by atoms with Crippen LogP contribution in [0.25, 0.3) is 0 Å². The fourth-order valence-electron chi connectivity index (χ4n) is 1.91. The van der Waals surface area contributed by atoms with Crippen LogP contribution in [0.15, 0.2) is 54.6 Å². The van der Waals surface area contributed by atoms with E-state index < -0.39 is 17.6 Å². The highest BCUT2D eigenvalue weighted by Crippen LogP contribution is 2.10. The van der Waals surface area contributed by atoms with Crippen molar-refractivity contribution in [2.24, 2.45) is 0 Å². The maximum Gasteiger partial charge on any atom is 0.276 e. The zero-order chi connectivity index (χ0) is 18.1. The lowest BCUT2D eigenvalue weighted by atomic mass is 10.1. The highest BCUT2D eigenvalue weighted by molar-refractivity contribution is 5.98. The molecular formula is C18H17FN2O4. The molecule has 0 fully saturated rings. The fraction of sp³-hybridized carbons (Fsp3) is 0.167. The molecule has 0 radical (unpaired) electrons. The number of ketones is 1. The van der Waals surface area contributed by atoms with Crippen molar-refractivity contribution in [3.8, 4) is 5.75 Å². The first-order valence-electron chi connectivity index (χ1n) is 7.59. The number of hydrazine groups is 1. The van der Waals surface area contributed by atoms with Gasteiger partial charge < -0.3 is 4.74 Å². The van der Waals surface area contributed by atoms with Gasteiger partial charge >= 0.3 is 0 Å². The molecule has 0 bridgehead atoms. The second-order valence-electron chi connectivity index (χ2n) is 5.13. The molecule has 0 aliphatic rings. The normalized spacial score (nSPS) is 9.96. The van der Waals surface area contributed by atoms with Crippen molar-refractivity contribution < 1.29 is 23.5 Å². The van der Waals surface area contributed by atoms with Gasteiger partial charge in [-0.2, -0.15) is 0 Å². The topological polar surface area (TPSA) is 84.5 Å². The van der Waals surface area contributed by atoms with E-state index in [0.29, 0.717) is 11.3 Å². The van der Waals surface area contributed by atoms with Gasteiger partial charge in [0.25, 0.3) is 5.91 Å². The number of carbonyl (C=O) groups excluding carboxylic acids is 3. The zero-order valence-electron chi connectivity index (χ0n) is 13.3. The molecule has 7 heteroatoms. The third kappa shape index (κ3) is 6.42. The van der Waals surface area contributed by atoms with Gasteiger partial charge in [-0.05, 0) is 24.3 Å². The van der Waals surface area contributed by atoms with Gasteiger partial charge in [0.05, 0.1) is 0 Å². The summed E-state index contributed by atoms with van der Waals surface area (Å²) >= 11 is 0. The highest BCUT2D eigenvalue weighted by atomic mass is 19.1. The predicted octanol–water partition coefficient (Wildman–Crippen LogP) is 2.01. The van der Waals surface area contributed by atoms with E-state index in [-0.39, 0.29) is 25.2 Å². The summed E-state index contributed by atoms with van der Waals surface area (Å²) in [6.07, 6.45) is -0.00930. The summed E-state index contributed by atoms with van der Waals surface area (Å²) in [5, 5.41) is 0. The summed E-state index contributed by atoms with van der Waals surface area (Å²) in [6.45, 7) is -0.338. The smallest absolute Gasteiger partial charge is 0.276 e. The molecule has 2 N–H and O–H groups in total. The number of ether oxygens (including phenoxy) is 1. The number of benzene rings is 2. The number of hydrogen-bond donors (Lipinski definition) is 2. The van der Waals surface area contributed by atoms with Crippen LogP contribution in [0.3, 0.4) is 0 Å². The van der Waals surface area contributed by atoms with Crippen LogP contribution in [0, 0.1) is 5.82 Å². The Balaban J connectivity index is 1.64. The molecular weight excluding hydrogens is 327 g/mol. The maximum atomic E-state index is 12.7. The predicted molar refractivity (Wildman–Crippen MR) is 88.2 cm³/mol. The molecule has 0 aromatic heterocycles. The summed E-state index contributed by atoms with van der Waals surface area (Å²) in [5.74, 6) is -1.29. The summed E-state index contributed by atoms with van der Waals surface area (Å²) in [6, 6.07) is 13.8. The molecule has 0 spiro atoms. The Labute approximate surface area is 144 Å². The first-order chi connectivity index (χ1) is 12.0. The Morgan fingerprint density at radius 2 is 1.48 bits per heavy atom. The van der Waals surface area contributed by atoms with Crippen LogP contribution in [-0.4, -0.2) is 24.2 Å². The van der Waals surface area contributed by atoms with Gasteiger partial charge in [0.15, 0.2) is 12.4 Å². The lowest BCUT2D eigenvalue weighted by Crippen LogP contribution is -2.43. The SMILES string of the molecule is O=C(CCC(=O)c1ccccc1)NNC(=O)COc1ccc(F)cc1. The minimum atomic E-state index is -0.577. The van der Waals surface area contributed by atoms with Gasteiger partial charge in [0.2, 0.25) is 5.91 Å². The van der Waals surface area contributed by atoms with E-state index in [1.807, 2.05) is 0 Å². The monoisotopic (exact) mass is 344 g/mol. The van der Waals surface area contributed by atoms with Gasteiger partial charge in [0, 0.05) is 18.4 Å². The Kier molecular flexibility index (Phi) is 6.65. The number of halogens is 1. The van der Waals surface area contributed by atoms with Gasteiger partial charge in [-0.1, -0.05) is 30.3 Å². The molecule has 0 aliphatic carbocycles. The van der Waals surface area contributed by atoms with Crippen LogP contribution in [0.2, 0.25) is 0 Å². The second kappa shape index (κ2) is 9.17. The third-order valence-corrected chi connectivity index (χ3v) is 3.20. The lowest BCUT2D eigenvalue weighted by molar-refractivity contribution is -0.130. The minimum Gasteiger partial charge on any atom is -0.484 e. The molecule has 25 heavy (non-hydrogen) atoms. The van der Waals surface area contributed by atoms with Crippen LogP contribution >= 0.6 is 0 Å². The molecule has 0 saturated carbocycles. The molecule has 130 valence electrons. The van der Waals surface area contributed by atoms with Crippen LogP contribution in [0.5, 0.6) is 5.75 Å². The zero-order valence-corrected chi connectivity index (χ0v) is 13.3. The molecule has 2 aromatic carbocycles. The van der Waals surface area contributed by atoms with Crippen molar-refractivity contribution >= 4 is 17.6 Å². The average Bonchev–Trinajstić information content (AvgIpc) is 2.64. The van der Waals surface area contributed by atoms with Gasteiger partial charge in [-0.15, -0.1) is 0 Å². The summed E-state index contributed by atoms with van der Waals surface area (Å²) in [4.78, 5) is 35.0. The van der Waals surface area contributed by atoms with E-state index >= 15 is 0 Å². The van der Waals surface area contributed by atoms with E-state index in [4.69, 9.17) is 4.74 Å². The summed E-state index contributed by atoms with van der Waals surface area (Å²) < 4.78 is 17.9. The molecule has 0 aliphatic heterocycles. The van der Waals surface area contributed by atoms with Gasteiger partial charge in [-0.25, -0.2) is 4.39 Å². The van der Waals surface area contributed by atoms with Crippen molar-refractivity contribution in [3.05, 3.63) is 66.0 Å². The van der Waals surface area contributed by atoms with Crippen molar-refractivity contribution in [2.45, 2.75) is 12.8 Å². The molecule has 6 nitrogen and oxygen atoms in total.